The molecule has 0 bridgehead atoms. The second-order valence-corrected chi connectivity index (χ2v) is 6.72. The molecule has 0 aliphatic carbocycles. The summed E-state index contributed by atoms with van der Waals surface area (Å²) in [5.74, 6) is -0.160. The molecule has 0 radical (unpaired) electrons. The first-order chi connectivity index (χ1) is 12.1. The summed E-state index contributed by atoms with van der Waals surface area (Å²) in [5.41, 5.74) is 2.70. The molecule has 2 aliphatic heterocycles. The maximum absolute atomic E-state index is 13.2. The van der Waals surface area contributed by atoms with Gasteiger partial charge in [0, 0.05) is 30.3 Å². The van der Waals surface area contributed by atoms with Crippen LogP contribution in [0.4, 0.5) is 14.9 Å². The number of anilines is 1. The van der Waals surface area contributed by atoms with Gasteiger partial charge >= 0.3 is 6.03 Å². The molecule has 0 saturated carbocycles. The van der Waals surface area contributed by atoms with Crippen molar-refractivity contribution >= 4 is 23.3 Å². The van der Waals surface area contributed by atoms with Crippen molar-refractivity contribution in [3.63, 3.8) is 0 Å². The lowest BCUT2D eigenvalue weighted by Crippen LogP contribution is -2.41. The van der Waals surface area contributed by atoms with Crippen LogP contribution in [-0.2, 0) is 17.8 Å². The number of nitrogens with zero attached hydrogens (tertiary/aromatic N) is 3. The van der Waals surface area contributed by atoms with E-state index in [0.29, 0.717) is 37.8 Å². The number of halogens is 2. The lowest BCUT2D eigenvalue weighted by molar-refractivity contribution is 0.190. The van der Waals surface area contributed by atoms with Gasteiger partial charge in [-0.15, -0.1) is 0 Å². The SMILES string of the molecule is O=C(Nc1ccc(F)c(Cl)c1)N1CCn2ncc(C3CCOC3)c2C1. The Morgan fingerprint density at radius 3 is 3.04 bits per heavy atom. The van der Waals surface area contributed by atoms with Crippen molar-refractivity contribution in [2.75, 3.05) is 25.1 Å². The topological polar surface area (TPSA) is 59.4 Å². The minimum absolute atomic E-state index is 0.0157. The lowest BCUT2D eigenvalue weighted by Gasteiger charge is -2.29. The molecule has 2 aliphatic rings. The highest BCUT2D eigenvalue weighted by molar-refractivity contribution is 6.31. The average Bonchev–Trinajstić information content (AvgIpc) is 3.26. The van der Waals surface area contributed by atoms with Crippen molar-refractivity contribution in [1.29, 1.82) is 0 Å². The van der Waals surface area contributed by atoms with Crippen LogP contribution in [0.25, 0.3) is 0 Å². The molecule has 1 atom stereocenters. The van der Waals surface area contributed by atoms with E-state index in [-0.39, 0.29) is 11.1 Å². The second-order valence-electron chi connectivity index (χ2n) is 6.31. The fourth-order valence-electron chi connectivity index (χ4n) is 3.34. The molecule has 1 aromatic heterocycles. The van der Waals surface area contributed by atoms with Crippen molar-refractivity contribution in [1.82, 2.24) is 14.7 Å². The fraction of sp³-hybridized carbons (Fsp3) is 0.412. The van der Waals surface area contributed by atoms with E-state index in [9.17, 15) is 9.18 Å². The summed E-state index contributed by atoms with van der Waals surface area (Å²) in [6.45, 7) is 3.19. The molecular formula is C17H18ClFN4O2. The summed E-state index contributed by atoms with van der Waals surface area (Å²) in [6, 6.07) is 3.91. The standard InChI is InChI=1S/C17H18ClFN4O2/c18-14-7-12(1-2-15(14)19)21-17(24)22-4-5-23-16(9-22)13(8-20-23)11-3-6-25-10-11/h1-2,7-8,11H,3-6,9-10H2,(H,21,24). The van der Waals surface area contributed by atoms with Crippen LogP contribution < -0.4 is 5.32 Å². The number of carbonyl (C=O) groups is 1. The number of benzene rings is 1. The molecule has 1 aromatic carbocycles. The molecule has 25 heavy (non-hydrogen) atoms. The first kappa shape index (κ1) is 16.4. The normalized spacial score (nSPS) is 19.8. The first-order valence-electron chi connectivity index (χ1n) is 8.25. The Kier molecular flexibility index (Phi) is 4.35. The van der Waals surface area contributed by atoms with Gasteiger partial charge in [-0.05, 0) is 24.6 Å². The van der Waals surface area contributed by atoms with Gasteiger partial charge in [0.1, 0.15) is 5.82 Å². The van der Waals surface area contributed by atoms with E-state index < -0.39 is 5.82 Å². The van der Waals surface area contributed by atoms with Gasteiger partial charge in [0.25, 0.3) is 0 Å². The average molecular weight is 365 g/mol. The molecule has 2 aromatic rings. The van der Waals surface area contributed by atoms with Crippen LogP contribution in [0.15, 0.2) is 24.4 Å². The van der Waals surface area contributed by atoms with Gasteiger partial charge in [-0.2, -0.15) is 5.10 Å². The molecule has 1 N–H and O–H groups in total. The third-order valence-electron chi connectivity index (χ3n) is 4.73. The number of rotatable bonds is 2. The van der Waals surface area contributed by atoms with Crippen LogP contribution >= 0.6 is 11.6 Å². The number of hydrogen-bond acceptors (Lipinski definition) is 3. The van der Waals surface area contributed by atoms with E-state index in [4.69, 9.17) is 16.3 Å². The number of aromatic nitrogens is 2. The third-order valence-corrected chi connectivity index (χ3v) is 5.02. The minimum atomic E-state index is -0.509. The number of hydrogen-bond donors (Lipinski definition) is 1. The van der Waals surface area contributed by atoms with E-state index in [0.717, 1.165) is 18.7 Å². The smallest absolute Gasteiger partial charge is 0.322 e. The van der Waals surface area contributed by atoms with Crippen LogP contribution in [0.3, 0.4) is 0 Å². The maximum atomic E-state index is 13.2. The minimum Gasteiger partial charge on any atom is -0.381 e. The van der Waals surface area contributed by atoms with Crippen molar-refractivity contribution < 1.29 is 13.9 Å². The van der Waals surface area contributed by atoms with Crippen LogP contribution in [-0.4, -0.2) is 40.5 Å². The maximum Gasteiger partial charge on any atom is 0.322 e. The highest BCUT2D eigenvalue weighted by Crippen LogP contribution is 2.30. The number of urea groups is 1. The molecule has 3 heterocycles. The molecule has 8 heteroatoms. The summed E-state index contributed by atoms with van der Waals surface area (Å²) >= 11 is 5.77. The van der Waals surface area contributed by atoms with Gasteiger partial charge in [-0.3, -0.25) is 4.68 Å². The molecule has 132 valence electrons. The largest absolute Gasteiger partial charge is 0.381 e. The Bertz CT molecular complexity index is 804. The zero-order valence-corrected chi connectivity index (χ0v) is 14.3. The van der Waals surface area contributed by atoms with Gasteiger partial charge in [-0.25, -0.2) is 9.18 Å². The summed E-state index contributed by atoms with van der Waals surface area (Å²) in [4.78, 5) is 14.3. The summed E-state index contributed by atoms with van der Waals surface area (Å²) in [5, 5.41) is 7.20. The summed E-state index contributed by atoms with van der Waals surface area (Å²) in [6.07, 6.45) is 2.88. The van der Waals surface area contributed by atoms with Gasteiger partial charge in [-0.1, -0.05) is 11.6 Å². The van der Waals surface area contributed by atoms with Crippen LogP contribution in [0.1, 0.15) is 23.6 Å². The van der Waals surface area contributed by atoms with Crippen molar-refractivity contribution in [2.24, 2.45) is 0 Å². The van der Waals surface area contributed by atoms with Crippen molar-refractivity contribution in [2.45, 2.75) is 25.4 Å². The van der Waals surface area contributed by atoms with E-state index in [2.05, 4.69) is 10.4 Å². The van der Waals surface area contributed by atoms with Crippen molar-refractivity contribution in [3.05, 3.63) is 46.5 Å². The molecule has 0 spiro atoms. The van der Waals surface area contributed by atoms with Crippen molar-refractivity contribution in [3.8, 4) is 0 Å². The lowest BCUT2D eigenvalue weighted by atomic mass is 9.98. The Balaban J connectivity index is 1.48. The Morgan fingerprint density at radius 2 is 2.28 bits per heavy atom. The summed E-state index contributed by atoms with van der Waals surface area (Å²) < 4.78 is 20.7. The highest BCUT2D eigenvalue weighted by Gasteiger charge is 2.28. The van der Waals surface area contributed by atoms with Gasteiger partial charge in [0.05, 0.1) is 36.6 Å². The fourth-order valence-corrected chi connectivity index (χ4v) is 3.52. The predicted octanol–water partition coefficient (Wildman–Crippen LogP) is 3.23. The quantitative estimate of drug-likeness (QED) is 0.890. The van der Waals surface area contributed by atoms with E-state index in [1.807, 2.05) is 10.9 Å². The second kappa shape index (κ2) is 6.65. The zero-order chi connectivity index (χ0) is 17.4. The molecule has 1 saturated heterocycles. The molecule has 1 unspecified atom stereocenters. The number of ether oxygens (including phenoxy) is 1. The number of amides is 2. The third kappa shape index (κ3) is 3.21. The first-order valence-corrected chi connectivity index (χ1v) is 8.63. The van der Waals surface area contributed by atoms with Crippen LogP contribution in [0.5, 0.6) is 0 Å². The van der Waals surface area contributed by atoms with Gasteiger partial charge in [0.15, 0.2) is 0 Å². The van der Waals surface area contributed by atoms with Gasteiger partial charge < -0.3 is 15.0 Å². The van der Waals surface area contributed by atoms with E-state index >= 15 is 0 Å². The number of nitrogens with one attached hydrogen (secondary N) is 1. The molecule has 6 nitrogen and oxygen atoms in total. The summed E-state index contributed by atoms with van der Waals surface area (Å²) in [7, 11) is 0. The predicted molar refractivity (Wildman–Crippen MR) is 91.2 cm³/mol. The molecule has 1 fully saturated rings. The molecule has 4 rings (SSSR count). The number of carbonyl (C=O) groups excluding carboxylic acids is 1. The monoisotopic (exact) mass is 364 g/mol. The Labute approximate surface area is 149 Å². The molecule has 2 amide bonds. The Hall–Kier alpha value is -2.12. The molecular weight excluding hydrogens is 347 g/mol. The van der Waals surface area contributed by atoms with E-state index in [1.165, 1.54) is 23.8 Å². The van der Waals surface area contributed by atoms with Crippen LogP contribution in [0, 0.1) is 5.82 Å². The van der Waals surface area contributed by atoms with Crippen LogP contribution in [0.2, 0.25) is 5.02 Å². The Morgan fingerprint density at radius 1 is 1.40 bits per heavy atom. The van der Waals surface area contributed by atoms with E-state index in [1.54, 1.807) is 4.90 Å². The number of fused-ring (bicyclic) bond motifs is 1. The zero-order valence-electron chi connectivity index (χ0n) is 13.5. The van der Waals surface area contributed by atoms with Gasteiger partial charge in [0.2, 0.25) is 0 Å². The highest BCUT2D eigenvalue weighted by atomic mass is 35.5.